The number of aromatic nitrogens is 1. The minimum atomic E-state index is 0. The number of rotatable bonds is 3. The van der Waals surface area contributed by atoms with Gasteiger partial charge in [-0.05, 0) is 31.2 Å². The van der Waals surface area contributed by atoms with Crippen molar-refractivity contribution in [3.63, 3.8) is 0 Å². The lowest BCUT2D eigenvalue weighted by molar-refractivity contribution is -0.684. The number of benzene rings is 1. The Morgan fingerprint density at radius 3 is 2.41 bits per heavy atom. The van der Waals surface area contributed by atoms with Crippen molar-refractivity contribution in [2.45, 2.75) is 20.4 Å². The van der Waals surface area contributed by atoms with E-state index in [1.807, 2.05) is 12.1 Å². The number of thiazole rings is 1. The van der Waals surface area contributed by atoms with E-state index in [2.05, 4.69) is 35.9 Å². The van der Waals surface area contributed by atoms with Crippen LogP contribution in [0.2, 0.25) is 0 Å². The van der Waals surface area contributed by atoms with Crippen LogP contribution in [-0.4, -0.2) is 7.11 Å². The first kappa shape index (κ1) is 14.4. The van der Waals surface area contributed by atoms with Gasteiger partial charge in [-0.2, -0.15) is 4.57 Å². The summed E-state index contributed by atoms with van der Waals surface area (Å²) >= 11 is 1.79. The number of halogens is 1. The Morgan fingerprint density at radius 2 is 1.88 bits per heavy atom. The van der Waals surface area contributed by atoms with Crippen LogP contribution < -0.4 is 33.3 Å². The predicted octanol–water partition coefficient (Wildman–Crippen LogP) is 0.0435. The van der Waals surface area contributed by atoms with Crippen LogP contribution in [0.15, 0.2) is 29.6 Å². The van der Waals surface area contributed by atoms with Crippen LogP contribution in [0.25, 0.3) is 10.6 Å². The highest BCUT2D eigenvalue weighted by molar-refractivity contribution is 7.12. The summed E-state index contributed by atoms with van der Waals surface area (Å²) in [7, 11) is 1.69. The van der Waals surface area contributed by atoms with Crippen molar-refractivity contribution < 1.29 is 33.3 Å². The normalized spacial score (nSPS) is 9.82. The fourth-order valence-corrected chi connectivity index (χ4v) is 2.86. The number of hydrogen-bond acceptors (Lipinski definition) is 2. The summed E-state index contributed by atoms with van der Waals surface area (Å²) in [4.78, 5) is 0. The molecule has 4 heteroatoms. The molecule has 0 saturated carbocycles. The standard InChI is InChI=1S/C13H16NOS.HI/c1-4-14-10(2)9-16-13(14)11-5-7-12(15-3)8-6-11;/h5-9H,4H2,1-3H3;1H/q+1;/p-1. The molecule has 92 valence electrons. The third kappa shape index (κ3) is 2.98. The summed E-state index contributed by atoms with van der Waals surface area (Å²) in [6, 6.07) is 8.22. The zero-order valence-electron chi connectivity index (χ0n) is 10.2. The van der Waals surface area contributed by atoms with E-state index < -0.39 is 0 Å². The molecule has 0 aliphatic heterocycles. The van der Waals surface area contributed by atoms with Gasteiger partial charge in [0.25, 0.3) is 5.01 Å². The largest absolute Gasteiger partial charge is 1.00 e. The summed E-state index contributed by atoms with van der Waals surface area (Å²) < 4.78 is 7.49. The molecule has 0 unspecified atom stereocenters. The second-order valence-corrected chi connectivity index (χ2v) is 4.51. The van der Waals surface area contributed by atoms with Gasteiger partial charge >= 0.3 is 0 Å². The van der Waals surface area contributed by atoms with E-state index in [1.54, 1.807) is 18.4 Å². The fourth-order valence-electron chi connectivity index (χ4n) is 1.78. The van der Waals surface area contributed by atoms with Crippen LogP contribution >= 0.6 is 11.3 Å². The molecule has 0 N–H and O–H groups in total. The Bertz CT molecular complexity index is 479. The maximum absolute atomic E-state index is 5.16. The Balaban J connectivity index is 0.00000144. The van der Waals surface area contributed by atoms with Gasteiger partial charge in [0.2, 0.25) is 0 Å². The third-order valence-electron chi connectivity index (χ3n) is 2.67. The van der Waals surface area contributed by atoms with E-state index in [4.69, 9.17) is 4.74 Å². The van der Waals surface area contributed by atoms with Crippen molar-refractivity contribution in [1.29, 1.82) is 0 Å². The van der Waals surface area contributed by atoms with Crippen LogP contribution in [0, 0.1) is 6.92 Å². The molecule has 1 heterocycles. The average Bonchev–Trinajstić information content (AvgIpc) is 2.70. The van der Waals surface area contributed by atoms with Gasteiger partial charge in [-0.15, -0.1) is 0 Å². The van der Waals surface area contributed by atoms with Crippen molar-refractivity contribution in [2.75, 3.05) is 7.11 Å². The molecule has 0 aliphatic carbocycles. The molecule has 17 heavy (non-hydrogen) atoms. The second kappa shape index (κ2) is 6.35. The number of methoxy groups -OCH3 is 1. The van der Waals surface area contributed by atoms with E-state index in [1.165, 1.54) is 16.3 Å². The first-order valence-electron chi connectivity index (χ1n) is 5.38. The molecule has 1 aromatic heterocycles. The summed E-state index contributed by atoms with van der Waals surface area (Å²) in [5.41, 5.74) is 2.57. The van der Waals surface area contributed by atoms with Gasteiger partial charge in [-0.3, -0.25) is 0 Å². The summed E-state index contributed by atoms with van der Waals surface area (Å²) in [6.45, 7) is 5.33. The van der Waals surface area contributed by atoms with Crippen molar-refractivity contribution >= 4 is 11.3 Å². The van der Waals surface area contributed by atoms with E-state index in [9.17, 15) is 0 Å². The monoisotopic (exact) mass is 361 g/mol. The number of aryl methyl sites for hydroxylation is 1. The van der Waals surface area contributed by atoms with Crippen molar-refractivity contribution in [1.82, 2.24) is 0 Å². The smallest absolute Gasteiger partial charge is 0.269 e. The van der Waals surface area contributed by atoms with Crippen molar-refractivity contribution in [3.8, 4) is 16.3 Å². The van der Waals surface area contributed by atoms with Crippen LogP contribution in [-0.2, 0) is 6.54 Å². The molecule has 0 saturated heterocycles. The quantitative estimate of drug-likeness (QED) is 0.556. The van der Waals surface area contributed by atoms with Crippen molar-refractivity contribution in [2.24, 2.45) is 0 Å². The highest BCUT2D eigenvalue weighted by atomic mass is 127. The lowest BCUT2D eigenvalue weighted by Gasteiger charge is -2.00. The van der Waals surface area contributed by atoms with E-state index in [-0.39, 0.29) is 24.0 Å². The molecule has 0 atom stereocenters. The lowest BCUT2D eigenvalue weighted by Crippen LogP contribution is -3.00. The SMILES string of the molecule is CC[n+]1c(C)csc1-c1ccc(OC)cc1.[I-]. The first-order valence-corrected chi connectivity index (χ1v) is 6.26. The Hall–Kier alpha value is -0.620. The summed E-state index contributed by atoms with van der Waals surface area (Å²) in [5, 5.41) is 3.51. The molecule has 2 rings (SSSR count). The van der Waals surface area contributed by atoms with Gasteiger partial charge in [0, 0.05) is 6.92 Å². The van der Waals surface area contributed by atoms with Gasteiger partial charge in [-0.25, -0.2) is 0 Å². The van der Waals surface area contributed by atoms with Gasteiger partial charge in [-0.1, -0.05) is 11.3 Å². The molecular formula is C13H16INOS. The average molecular weight is 361 g/mol. The zero-order valence-corrected chi connectivity index (χ0v) is 13.2. The molecule has 2 aromatic rings. The van der Waals surface area contributed by atoms with Gasteiger partial charge in [0.1, 0.15) is 12.3 Å². The maximum Gasteiger partial charge on any atom is 0.269 e. The number of ether oxygens (including phenoxy) is 1. The Kier molecular flexibility index (Phi) is 5.39. The van der Waals surface area contributed by atoms with Crippen LogP contribution in [0.1, 0.15) is 12.6 Å². The Morgan fingerprint density at radius 1 is 1.24 bits per heavy atom. The molecule has 0 spiro atoms. The zero-order chi connectivity index (χ0) is 11.5. The highest BCUT2D eigenvalue weighted by Crippen LogP contribution is 2.24. The minimum Gasteiger partial charge on any atom is -1.00 e. The number of hydrogen-bond donors (Lipinski definition) is 0. The van der Waals surface area contributed by atoms with Gasteiger partial charge in [0.15, 0.2) is 5.69 Å². The first-order chi connectivity index (χ1) is 7.76. The van der Waals surface area contributed by atoms with E-state index in [0.29, 0.717) is 0 Å². The second-order valence-electron chi connectivity index (χ2n) is 3.65. The third-order valence-corrected chi connectivity index (χ3v) is 3.80. The molecular weight excluding hydrogens is 345 g/mol. The van der Waals surface area contributed by atoms with Crippen LogP contribution in [0.5, 0.6) is 5.75 Å². The molecule has 1 aromatic carbocycles. The molecule has 0 radical (unpaired) electrons. The van der Waals surface area contributed by atoms with Crippen molar-refractivity contribution in [3.05, 3.63) is 35.3 Å². The molecule has 2 nitrogen and oxygen atoms in total. The number of nitrogens with zero attached hydrogens (tertiary/aromatic N) is 1. The van der Waals surface area contributed by atoms with Crippen LogP contribution in [0.4, 0.5) is 0 Å². The summed E-state index contributed by atoms with van der Waals surface area (Å²) in [5.74, 6) is 0.903. The topological polar surface area (TPSA) is 13.1 Å². The van der Waals surface area contributed by atoms with E-state index >= 15 is 0 Å². The predicted molar refractivity (Wildman–Crippen MR) is 66.9 cm³/mol. The lowest BCUT2D eigenvalue weighted by atomic mass is 10.2. The van der Waals surface area contributed by atoms with Gasteiger partial charge in [0.05, 0.1) is 18.1 Å². The van der Waals surface area contributed by atoms with Crippen LogP contribution in [0.3, 0.4) is 0 Å². The minimum absolute atomic E-state index is 0. The molecule has 0 aliphatic rings. The molecule has 0 amide bonds. The Labute approximate surface area is 123 Å². The van der Waals surface area contributed by atoms with E-state index in [0.717, 1.165) is 12.3 Å². The summed E-state index contributed by atoms with van der Waals surface area (Å²) in [6.07, 6.45) is 0. The fraction of sp³-hybridized carbons (Fsp3) is 0.308. The molecule has 0 bridgehead atoms. The molecule has 0 fully saturated rings. The maximum atomic E-state index is 5.16. The highest BCUT2D eigenvalue weighted by Gasteiger charge is 2.16. The van der Waals surface area contributed by atoms with Gasteiger partial charge < -0.3 is 28.7 Å².